The third kappa shape index (κ3) is 2.99. The Bertz CT molecular complexity index is 387. The standard InChI is InChI=1S/C14H20F2N2/c1-10(2)17-8-11-6-7-18(9-11)14-12(15)4-3-5-13(14)16/h3-5,10-11,17H,6-9H2,1-2H3. The van der Waals surface area contributed by atoms with Gasteiger partial charge >= 0.3 is 0 Å². The number of anilines is 1. The van der Waals surface area contributed by atoms with Crippen LogP contribution in [0.3, 0.4) is 0 Å². The van der Waals surface area contributed by atoms with Crippen molar-refractivity contribution >= 4 is 5.69 Å². The topological polar surface area (TPSA) is 15.3 Å². The van der Waals surface area contributed by atoms with Gasteiger partial charge in [0.05, 0.1) is 0 Å². The minimum atomic E-state index is -0.465. The van der Waals surface area contributed by atoms with Crippen LogP contribution in [0.2, 0.25) is 0 Å². The molecule has 0 amide bonds. The Morgan fingerprint density at radius 1 is 1.33 bits per heavy atom. The maximum Gasteiger partial charge on any atom is 0.149 e. The Labute approximate surface area is 107 Å². The van der Waals surface area contributed by atoms with Gasteiger partial charge in [0.25, 0.3) is 0 Å². The summed E-state index contributed by atoms with van der Waals surface area (Å²) in [4.78, 5) is 1.82. The number of para-hydroxylation sites is 1. The van der Waals surface area contributed by atoms with Gasteiger partial charge in [-0.2, -0.15) is 0 Å². The molecule has 1 aromatic rings. The number of nitrogens with one attached hydrogen (secondary N) is 1. The van der Waals surface area contributed by atoms with Crippen molar-refractivity contribution in [2.75, 3.05) is 24.5 Å². The first-order valence-corrected chi connectivity index (χ1v) is 6.50. The van der Waals surface area contributed by atoms with E-state index in [1.807, 2.05) is 4.90 Å². The molecule has 4 heteroatoms. The van der Waals surface area contributed by atoms with Gasteiger partial charge < -0.3 is 10.2 Å². The molecular formula is C14H20F2N2. The minimum Gasteiger partial charge on any atom is -0.366 e. The first-order chi connectivity index (χ1) is 8.58. The summed E-state index contributed by atoms with van der Waals surface area (Å²) in [6.07, 6.45) is 0.980. The molecule has 1 atom stereocenters. The summed E-state index contributed by atoms with van der Waals surface area (Å²) in [7, 11) is 0. The van der Waals surface area contributed by atoms with E-state index in [1.165, 1.54) is 18.2 Å². The molecule has 1 fully saturated rings. The van der Waals surface area contributed by atoms with Crippen molar-refractivity contribution in [2.45, 2.75) is 26.3 Å². The molecule has 0 aromatic heterocycles. The summed E-state index contributed by atoms with van der Waals surface area (Å²) in [6.45, 7) is 6.55. The highest BCUT2D eigenvalue weighted by molar-refractivity contribution is 5.50. The average molecular weight is 254 g/mol. The Kier molecular flexibility index (Phi) is 4.17. The van der Waals surface area contributed by atoms with Gasteiger partial charge in [0.2, 0.25) is 0 Å². The minimum absolute atomic E-state index is 0.129. The quantitative estimate of drug-likeness (QED) is 0.889. The zero-order valence-corrected chi connectivity index (χ0v) is 10.9. The van der Waals surface area contributed by atoms with E-state index in [1.54, 1.807) is 0 Å². The van der Waals surface area contributed by atoms with Gasteiger partial charge in [-0.25, -0.2) is 8.78 Å². The lowest BCUT2D eigenvalue weighted by Crippen LogP contribution is -2.31. The van der Waals surface area contributed by atoms with E-state index in [4.69, 9.17) is 0 Å². The largest absolute Gasteiger partial charge is 0.366 e. The highest BCUT2D eigenvalue weighted by atomic mass is 19.1. The zero-order valence-electron chi connectivity index (χ0n) is 10.9. The van der Waals surface area contributed by atoms with Gasteiger partial charge in [-0.3, -0.25) is 0 Å². The van der Waals surface area contributed by atoms with Crippen LogP contribution in [0.15, 0.2) is 18.2 Å². The molecule has 1 N–H and O–H groups in total. The number of halogens is 2. The summed E-state index contributed by atoms with van der Waals surface area (Å²) in [6, 6.07) is 4.49. The molecule has 1 aromatic carbocycles. The molecule has 1 unspecified atom stereocenters. The Balaban J connectivity index is 2.00. The Morgan fingerprint density at radius 3 is 2.61 bits per heavy atom. The van der Waals surface area contributed by atoms with Crippen molar-refractivity contribution in [3.05, 3.63) is 29.8 Å². The third-order valence-corrected chi connectivity index (χ3v) is 3.35. The molecule has 1 saturated heterocycles. The van der Waals surface area contributed by atoms with Crippen molar-refractivity contribution in [1.82, 2.24) is 5.32 Å². The van der Waals surface area contributed by atoms with Crippen LogP contribution in [0.25, 0.3) is 0 Å². The van der Waals surface area contributed by atoms with Gasteiger partial charge in [-0.05, 0) is 31.0 Å². The predicted molar refractivity (Wildman–Crippen MR) is 69.8 cm³/mol. The third-order valence-electron chi connectivity index (χ3n) is 3.35. The molecule has 1 heterocycles. The molecule has 2 rings (SSSR count). The van der Waals surface area contributed by atoms with Crippen LogP contribution in [-0.2, 0) is 0 Å². The van der Waals surface area contributed by atoms with Crippen LogP contribution < -0.4 is 10.2 Å². The fourth-order valence-electron chi connectivity index (χ4n) is 2.40. The monoisotopic (exact) mass is 254 g/mol. The van der Waals surface area contributed by atoms with E-state index in [-0.39, 0.29) is 5.69 Å². The van der Waals surface area contributed by atoms with Crippen LogP contribution in [0, 0.1) is 17.6 Å². The van der Waals surface area contributed by atoms with Gasteiger partial charge in [0.1, 0.15) is 17.3 Å². The maximum absolute atomic E-state index is 13.6. The van der Waals surface area contributed by atoms with E-state index in [2.05, 4.69) is 19.2 Å². The summed E-state index contributed by atoms with van der Waals surface area (Å²) in [5, 5.41) is 3.37. The molecule has 0 radical (unpaired) electrons. The second kappa shape index (κ2) is 5.65. The fraction of sp³-hybridized carbons (Fsp3) is 0.571. The Morgan fingerprint density at radius 2 is 2.00 bits per heavy atom. The lowest BCUT2D eigenvalue weighted by Gasteiger charge is -2.20. The molecule has 0 aliphatic carbocycles. The first kappa shape index (κ1) is 13.3. The second-order valence-electron chi connectivity index (χ2n) is 5.23. The zero-order chi connectivity index (χ0) is 13.1. The van der Waals surface area contributed by atoms with Crippen LogP contribution in [-0.4, -0.2) is 25.7 Å². The summed E-state index contributed by atoms with van der Waals surface area (Å²) < 4.78 is 27.3. The van der Waals surface area contributed by atoms with Crippen molar-refractivity contribution in [3.63, 3.8) is 0 Å². The SMILES string of the molecule is CC(C)NCC1CCN(c2c(F)cccc2F)C1. The highest BCUT2D eigenvalue weighted by Crippen LogP contribution is 2.28. The number of hydrogen-bond donors (Lipinski definition) is 1. The van der Waals surface area contributed by atoms with Gasteiger partial charge in [0, 0.05) is 19.1 Å². The molecule has 1 aliphatic rings. The average Bonchev–Trinajstić information content (AvgIpc) is 2.75. The Hall–Kier alpha value is -1.16. The van der Waals surface area contributed by atoms with Crippen molar-refractivity contribution in [2.24, 2.45) is 5.92 Å². The van der Waals surface area contributed by atoms with E-state index in [0.717, 1.165) is 26.1 Å². The van der Waals surface area contributed by atoms with Crippen LogP contribution >= 0.6 is 0 Å². The number of hydrogen-bond acceptors (Lipinski definition) is 2. The van der Waals surface area contributed by atoms with Crippen molar-refractivity contribution < 1.29 is 8.78 Å². The van der Waals surface area contributed by atoms with Gasteiger partial charge in [-0.1, -0.05) is 19.9 Å². The molecule has 1 aliphatic heterocycles. The molecule has 2 nitrogen and oxygen atoms in total. The number of rotatable bonds is 4. The van der Waals surface area contributed by atoms with E-state index >= 15 is 0 Å². The van der Waals surface area contributed by atoms with Gasteiger partial charge in [0.15, 0.2) is 0 Å². The number of benzene rings is 1. The maximum atomic E-state index is 13.6. The summed E-state index contributed by atoms with van der Waals surface area (Å²) in [5.74, 6) is -0.466. The molecule has 100 valence electrons. The molecule has 0 saturated carbocycles. The van der Waals surface area contributed by atoms with E-state index in [9.17, 15) is 8.78 Å². The summed E-state index contributed by atoms with van der Waals surface area (Å²) in [5.41, 5.74) is 0.129. The second-order valence-corrected chi connectivity index (χ2v) is 5.23. The van der Waals surface area contributed by atoms with E-state index < -0.39 is 11.6 Å². The molecular weight excluding hydrogens is 234 g/mol. The van der Waals surface area contributed by atoms with Crippen molar-refractivity contribution in [1.29, 1.82) is 0 Å². The van der Waals surface area contributed by atoms with Crippen LogP contribution in [0.5, 0.6) is 0 Å². The van der Waals surface area contributed by atoms with Gasteiger partial charge in [-0.15, -0.1) is 0 Å². The van der Waals surface area contributed by atoms with Crippen LogP contribution in [0.4, 0.5) is 14.5 Å². The fourth-order valence-corrected chi connectivity index (χ4v) is 2.40. The van der Waals surface area contributed by atoms with Crippen LogP contribution in [0.1, 0.15) is 20.3 Å². The molecule has 0 spiro atoms. The predicted octanol–water partition coefficient (Wildman–Crippen LogP) is 2.79. The number of nitrogens with zero attached hydrogens (tertiary/aromatic N) is 1. The van der Waals surface area contributed by atoms with Crippen molar-refractivity contribution in [3.8, 4) is 0 Å². The lowest BCUT2D eigenvalue weighted by molar-refractivity contribution is 0.479. The molecule has 0 bridgehead atoms. The van der Waals surface area contributed by atoms with E-state index in [0.29, 0.717) is 12.0 Å². The first-order valence-electron chi connectivity index (χ1n) is 6.50. The summed E-state index contributed by atoms with van der Waals surface area (Å²) >= 11 is 0. The normalized spacial score (nSPS) is 19.8. The molecule has 18 heavy (non-hydrogen) atoms. The lowest BCUT2D eigenvalue weighted by atomic mass is 10.1. The smallest absolute Gasteiger partial charge is 0.149 e. The highest BCUT2D eigenvalue weighted by Gasteiger charge is 2.26.